The molecule has 0 spiro atoms. The number of benzene rings is 1. The van der Waals surface area contributed by atoms with Gasteiger partial charge in [0.1, 0.15) is 17.0 Å². The molecule has 3 N–H and O–H groups in total. The molecule has 0 unspecified atom stereocenters. The Morgan fingerprint density at radius 3 is 2.32 bits per heavy atom. The number of rotatable bonds is 8. The summed E-state index contributed by atoms with van der Waals surface area (Å²) in [6, 6.07) is 1.29. The summed E-state index contributed by atoms with van der Waals surface area (Å²) in [6.45, 7) is 1.40. The second-order valence-electron chi connectivity index (χ2n) is 10.3. The first-order chi connectivity index (χ1) is 17.9. The zero-order chi connectivity index (χ0) is 25.9. The van der Waals surface area contributed by atoms with E-state index in [1.165, 1.54) is 0 Å². The molecular formula is C26H33F3N6O2. The van der Waals surface area contributed by atoms with E-state index in [4.69, 9.17) is 9.72 Å². The predicted molar refractivity (Wildman–Crippen MR) is 134 cm³/mol. The third kappa shape index (κ3) is 5.82. The number of aliphatic hydroxyl groups is 1. The monoisotopic (exact) mass is 518 g/mol. The van der Waals surface area contributed by atoms with Crippen LogP contribution in [0.5, 0.6) is 0 Å². The third-order valence-electron chi connectivity index (χ3n) is 7.63. The molecule has 2 aliphatic carbocycles. The van der Waals surface area contributed by atoms with Crippen LogP contribution in [0.2, 0.25) is 0 Å². The first-order valence-electron chi connectivity index (χ1n) is 13.0. The molecule has 0 bridgehead atoms. The molecule has 2 aromatic heterocycles. The Bertz CT molecular complexity index is 1200. The number of halogens is 3. The number of fused-ring (bicyclic) bond motifs is 1. The van der Waals surface area contributed by atoms with Crippen LogP contribution in [0.3, 0.4) is 0 Å². The first-order valence-corrected chi connectivity index (χ1v) is 13.0. The SMILES string of the molecule is COCC1CCC(n2c(Nc3c(F)cc(F)cc3F)nc3cnc(NCC4CCC(O)CC4)nc32)CC1. The number of aliphatic hydroxyl groups excluding tert-OH is 1. The van der Waals surface area contributed by atoms with Crippen LogP contribution < -0.4 is 10.6 Å². The van der Waals surface area contributed by atoms with E-state index in [-0.39, 0.29) is 18.1 Å². The lowest BCUT2D eigenvalue weighted by Gasteiger charge is -2.30. The molecule has 8 nitrogen and oxygen atoms in total. The number of ether oxygens (including phenoxy) is 1. The highest BCUT2D eigenvalue weighted by Gasteiger charge is 2.28. The van der Waals surface area contributed by atoms with Crippen LogP contribution >= 0.6 is 0 Å². The van der Waals surface area contributed by atoms with Gasteiger partial charge in [0, 0.05) is 38.4 Å². The van der Waals surface area contributed by atoms with Crippen molar-refractivity contribution in [3.63, 3.8) is 0 Å². The van der Waals surface area contributed by atoms with Gasteiger partial charge in [-0.3, -0.25) is 4.57 Å². The molecule has 2 saturated carbocycles. The zero-order valence-electron chi connectivity index (χ0n) is 20.9. The molecule has 0 amide bonds. The number of nitrogens with one attached hydrogen (secondary N) is 2. The van der Waals surface area contributed by atoms with Gasteiger partial charge in [0.25, 0.3) is 0 Å². The van der Waals surface area contributed by atoms with Crippen LogP contribution in [0, 0.1) is 29.3 Å². The second-order valence-corrected chi connectivity index (χ2v) is 10.3. The van der Waals surface area contributed by atoms with Gasteiger partial charge in [0.2, 0.25) is 11.9 Å². The minimum absolute atomic E-state index is 0.00904. The van der Waals surface area contributed by atoms with Crippen LogP contribution in [0.1, 0.15) is 57.4 Å². The quantitative estimate of drug-likeness (QED) is 0.371. The molecule has 2 aliphatic rings. The fraction of sp³-hybridized carbons (Fsp3) is 0.577. The van der Waals surface area contributed by atoms with Crippen molar-refractivity contribution < 1.29 is 23.0 Å². The second kappa shape index (κ2) is 11.2. The van der Waals surface area contributed by atoms with Gasteiger partial charge in [-0.2, -0.15) is 4.98 Å². The molecule has 0 aliphatic heterocycles. The average Bonchev–Trinajstić information content (AvgIpc) is 3.24. The van der Waals surface area contributed by atoms with E-state index >= 15 is 0 Å². The lowest BCUT2D eigenvalue weighted by atomic mass is 9.86. The van der Waals surface area contributed by atoms with Gasteiger partial charge in [-0.1, -0.05) is 0 Å². The molecule has 3 aromatic rings. The maximum Gasteiger partial charge on any atom is 0.224 e. The molecule has 2 fully saturated rings. The molecule has 37 heavy (non-hydrogen) atoms. The fourth-order valence-corrected chi connectivity index (χ4v) is 5.57. The summed E-state index contributed by atoms with van der Waals surface area (Å²) in [5.41, 5.74) is 0.602. The van der Waals surface area contributed by atoms with Crippen LogP contribution in [0.25, 0.3) is 11.2 Å². The highest BCUT2D eigenvalue weighted by Crippen LogP contribution is 2.37. The number of hydrogen-bond donors (Lipinski definition) is 3. The summed E-state index contributed by atoms with van der Waals surface area (Å²) in [4.78, 5) is 13.7. The normalized spacial score (nSPS) is 24.4. The first kappa shape index (κ1) is 25.7. The smallest absolute Gasteiger partial charge is 0.224 e. The molecule has 0 saturated heterocycles. The van der Waals surface area contributed by atoms with Gasteiger partial charge in [0.15, 0.2) is 17.3 Å². The van der Waals surface area contributed by atoms with E-state index in [1.54, 1.807) is 13.3 Å². The van der Waals surface area contributed by atoms with E-state index in [0.717, 1.165) is 51.4 Å². The van der Waals surface area contributed by atoms with Crippen molar-refractivity contribution in [2.24, 2.45) is 11.8 Å². The Morgan fingerprint density at radius 2 is 1.65 bits per heavy atom. The number of imidazole rings is 1. The highest BCUT2D eigenvalue weighted by molar-refractivity contribution is 5.76. The maximum atomic E-state index is 14.5. The van der Waals surface area contributed by atoms with E-state index in [9.17, 15) is 18.3 Å². The van der Waals surface area contributed by atoms with Crippen LogP contribution in [-0.2, 0) is 4.74 Å². The zero-order valence-corrected chi connectivity index (χ0v) is 20.9. The summed E-state index contributed by atoms with van der Waals surface area (Å²) in [5, 5.41) is 15.8. The Morgan fingerprint density at radius 1 is 0.973 bits per heavy atom. The van der Waals surface area contributed by atoms with Crippen LogP contribution in [0.15, 0.2) is 18.3 Å². The molecule has 1 aromatic carbocycles. The molecular weight excluding hydrogens is 485 g/mol. The lowest BCUT2D eigenvalue weighted by molar-refractivity contribution is 0.111. The number of nitrogens with zero attached hydrogens (tertiary/aromatic N) is 4. The summed E-state index contributed by atoms with van der Waals surface area (Å²) >= 11 is 0. The van der Waals surface area contributed by atoms with Crippen molar-refractivity contribution >= 4 is 28.7 Å². The van der Waals surface area contributed by atoms with Crippen molar-refractivity contribution in [1.82, 2.24) is 19.5 Å². The minimum Gasteiger partial charge on any atom is -0.393 e. The van der Waals surface area contributed by atoms with Crippen molar-refractivity contribution in [3.05, 3.63) is 35.8 Å². The number of methoxy groups -OCH3 is 1. The van der Waals surface area contributed by atoms with Gasteiger partial charge in [-0.05, 0) is 63.2 Å². The Kier molecular flexibility index (Phi) is 7.80. The van der Waals surface area contributed by atoms with Crippen molar-refractivity contribution in [2.75, 3.05) is 30.9 Å². The molecule has 11 heteroatoms. The molecule has 2 heterocycles. The largest absolute Gasteiger partial charge is 0.393 e. The molecule has 5 rings (SSSR count). The van der Waals surface area contributed by atoms with Crippen molar-refractivity contribution in [3.8, 4) is 0 Å². The summed E-state index contributed by atoms with van der Waals surface area (Å²) in [5.74, 6) is -1.47. The van der Waals surface area contributed by atoms with Crippen molar-refractivity contribution in [1.29, 1.82) is 0 Å². The lowest BCUT2D eigenvalue weighted by Crippen LogP contribution is -2.24. The molecule has 0 radical (unpaired) electrons. The topological polar surface area (TPSA) is 97.1 Å². The van der Waals surface area contributed by atoms with Crippen molar-refractivity contribution in [2.45, 2.75) is 63.5 Å². The highest BCUT2D eigenvalue weighted by atomic mass is 19.1. The predicted octanol–water partition coefficient (Wildman–Crippen LogP) is 5.33. The average molecular weight is 519 g/mol. The van der Waals surface area contributed by atoms with Crippen LogP contribution in [0.4, 0.5) is 30.8 Å². The summed E-state index contributed by atoms with van der Waals surface area (Å²) in [6.07, 6.45) is 8.45. The minimum atomic E-state index is -1.04. The van der Waals surface area contributed by atoms with Crippen LogP contribution in [-0.4, -0.2) is 51.0 Å². The fourth-order valence-electron chi connectivity index (χ4n) is 5.57. The molecule has 0 atom stereocenters. The number of aromatic nitrogens is 4. The summed E-state index contributed by atoms with van der Waals surface area (Å²) in [7, 11) is 1.70. The van der Waals surface area contributed by atoms with Gasteiger partial charge in [-0.25, -0.2) is 23.1 Å². The Labute approximate surface area is 213 Å². The Hall–Kier alpha value is -2.92. The molecule has 200 valence electrons. The number of anilines is 3. The summed E-state index contributed by atoms with van der Waals surface area (Å²) < 4.78 is 49.7. The van der Waals surface area contributed by atoms with E-state index in [2.05, 4.69) is 20.6 Å². The standard InChI is InChI=1S/C26H33F3N6O2/c1-37-14-16-2-6-18(7-3-16)35-24-22(32-26(35)33-23-20(28)10-17(27)11-21(23)29)13-31-25(34-24)30-12-15-4-8-19(36)9-5-15/h10-11,13,15-16,18-19,36H,2-9,12,14H2,1H3,(H,32,33)(H,30,31,34). The number of hydrogen-bond acceptors (Lipinski definition) is 7. The third-order valence-corrected chi connectivity index (χ3v) is 7.63. The van der Waals surface area contributed by atoms with Gasteiger partial charge in [-0.15, -0.1) is 0 Å². The maximum absolute atomic E-state index is 14.5. The van der Waals surface area contributed by atoms with E-state index in [0.29, 0.717) is 54.2 Å². The van der Waals surface area contributed by atoms with E-state index < -0.39 is 23.1 Å². The van der Waals surface area contributed by atoms with Gasteiger partial charge >= 0.3 is 0 Å². The Balaban J connectivity index is 1.44. The van der Waals surface area contributed by atoms with E-state index in [1.807, 2.05) is 4.57 Å². The van der Waals surface area contributed by atoms with Gasteiger partial charge < -0.3 is 20.5 Å². The van der Waals surface area contributed by atoms with Gasteiger partial charge in [0.05, 0.1) is 12.3 Å².